The zero-order valence-electron chi connectivity index (χ0n) is 9.86. The molecular weight excluding hydrogens is 260 g/mol. The third-order valence-electron chi connectivity index (χ3n) is 2.53. The molecule has 3 rings (SSSR count). The molecule has 0 unspecified atom stereocenters. The van der Waals surface area contributed by atoms with Gasteiger partial charge >= 0.3 is 0 Å². The molecule has 0 N–H and O–H groups in total. The van der Waals surface area contributed by atoms with Crippen molar-refractivity contribution in [3.05, 3.63) is 60.0 Å². The number of aromatic nitrogens is 4. The zero-order valence-corrected chi connectivity index (χ0v) is 10.6. The van der Waals surface area contributed by atoms with Crippen molar-refractivity contribution in [3.8, 4) is 22.9 Å². The number of nitrogens with zero attached hydrogens (tertiary/aromatic N) is 4. The molecule has 0 aliphatic carbocycles. The highest BCUT2D eigenvalue weighted by atomic mass is 35.5. The zero-order chi connectivity index (χ0) is 13.1. The normalized spacial score (nSPS) is 10.4. The predicted molar refractivity (Wildman–Crippen MR) is 73.5 cm³/mol. The van der Waals surface area contributed by atoms with Crippen LogP contribution in [0, 0.1) is 0 Å². The smallest absolute Gasteiger partial charge is 0.226 e. The van der Waals surface area contributed by atoms with Crippen LogP contribution in [0.4, 0.5) is 0 Å². The largest absolute Gasteiger partial charge is 0.253 e. The lowest BCUT2D eigenvalue weighted by Crippen LogP contribution is -1.98. The first-order valence-electron chi connectivity index (χ1n) is 5.71. The van der Waals surface area contributed by atoms with E-state index in [1.54, 1.807) is 6.20 Å². The van der Waals surface area contributed by atoms with Gasteiger partial charge in [0.05, 0.1) is 0 Å². The second kappa shape index (κ2) is 5.12. The summed E-state index contributed by atoms with van der Waals surface area (Å²) in [5, 5.41) is 0.162. The molecule has 1 aromatic carbocycles. The summed E-state index contributed by atoms with van der Waals surface area (Å²) in [4.78, 5) is 16.9. The van der Waals surface area contributed by atoms with Crippen LogP contribution in [0.1, 0.15) is 0 Å². The van der Waals surface area contributed by atoms with Gasteiger partial charge in [0.15, 0.2) is 11.6 Å². The first-order chi connectivity index (χ1) is 9.33. The monoisotopic (exact) mass is 268 g/mol. The van der Waals surface area contributed by atoms with Gasteiger partial charge in [0, 0.05) is 11.8 Å². The SMILES string of the molecule is Clc1nc(-c2ccccc2)nc(-c2ccccn2)n1. The van der Waals surface area contributed by atoms with E-state index in [-0.39, 0.29) is 5.28 Å². The first-order valence-corrected chi connectivity index (χ1v) is 6.09. The van der Waals surface area contributed by atoms with Crippen LogP contribution in [-0.2, 0) is 0 Å². The Morgan fingerprint density at radius 2 is 1.47 bits per heavy atom. The van der Waals surface area contributed by atoms with Crippen LogP contribution in [0.2, 0.25) is 5.28 Å². The Morgan fingerprint density at radius 3 is 2.21 bits per heavy atom. The van der Waals surface area contributed by atoms with Gasteiger partial charge in [-0.25, -0.2) is 4.98 Å². The van der Waals surface area contributed by atoms with E-state index in [0.29, 0.717) is 17.3 Å². The van der Waals surface area contributed by atoms with Crippen molar-refractivity contribution in [2.75, 3.05) is 0 Å². The molecule has 0 fully saturated rings. The highest BCUT2D eigenvalue weighted by Crippen LogP contribution is 2.19. The van der Waals surface area contributed by atoms with E-state index in [0.717, 1.165) is 5.56 Å². The van der Waals surface area contributed by atoms with Gasteiger partial charge in [-0.1, -0.05) is 36.4 Å². The van der Waals surface area contributed by atoms with E-state index >= 15 is 0 Å². The second-order valence-electron chi connectivity index (χ2n) is 3.83. The van der Waals surface area contributed by atoms with Crippen LogP contribution in [0.15, 0.2) is 54.7 Å². The summed E-state index contributed by atoms with van der Waals surface area (Å²) in [5.41, 5.74) is 1.56. The molecular formula is C14H9ClN4. The summed E-state index contributed by atoms with van der Waals surface area (Å²) in [6.45, 7) is 0. The fourth-order valence-corrected chi connectivity index (χ4v) is 1.84. The Labute approximate surface area is 115 Å². The molecule has 5 heteroatoms. The van der Waals surface area contributed by atoms with Gasteiger partial charge in [0.25, 0.3) is 0 Å². The van der Waals surface area contributed by atoms with Crippen molar-refractivity contribution in [1.29, 1.82) is 0 Å². The van der Waals surface area contributed by atoms with Gasteiger partial charge in [-0.05, 0) is 23.7 Å². The van der Waals surface area contributed by atoms with Gasteiger partial charge < -0.3 is 0 Å². The minimum Gasteiger partial charge on any atom is -0.253 e. The van der Waals surface area contributed by atoms with Crippen molar-refractivity contribution in [2.24, 2.45) is 0 Å². The van der Waals surface area contributed by atoms with Crippen LogP contribution in [0.25, 0.3) is 22.9 Å². The average molecular weight is 269 g/mol. The molecule has 0 saturated heterocycles. The fourth-order valence-electron chi connectivity index (χ4n) is 1.68. The van der Waals surface area contributed by atoms with Gasteiger partial charge in [-0.3, -0.25) is 4.98 Å². The standard InChI is InChI=1S/C14H9ClN4/c15-14-18-12(10-6-2-1-3-7-10)17-13(19-14)11-8-4-5-9-16-11/h1-9H. The Bertz CT molecular complexity index is 629. The Morgan fingerprint density at radius 1 is 0.737 bits per heavy atom. The number of halogens is 1. The molecule has 92 valence electrons. The third kappa shape index (κ3) is 2.58. The van der Waals surface area contributed by atoms with Crippen LogP contribution < -0.4 is 0 Å². The quantitative estimate of drug-likeness (QED) is 0.716. The van der Waals surface area contributed by atoms with Crippen LogP contribution >= 0.6 is 11.6 Å². The molecule has 0 saturated carbocycles. The summed E-state index contributed by atoms with van der Waals surface area (Å²) in [5.74, 6) is 1.01. The van der Waals surface area contributed by atoms with Crippen LogP contribution in [0.3, 0.4) is 0 Å². The van der Waals surface area contributed by atoms with Gasteiger partial charge in [0.2, 0.25) is 5.28 Å². The molecule has 2 heterocycles. The van der Waals surface area contributed by atoms with Crippen molar-refractivity contribution in [2.45, 2.75) is 0 Å². The van der Waals surface area contributed by atoms with Crippen LogP contribution in [0.5, 0.6) is 0 Å². The maximum atomic E-state index is 5.96. The van der Waals surface area contributed by atoms with E-state index in [9.17, 15) is 0 Å². The summed E-state index contributed by atoms with van der Waals surface area (Å²) < 4.78 is 0. The van der Waals surface area contributed by atoms with Gasteiger partial charge in [0.1, 0.15) is 5.69 Å². The fraction of sp³-hybridized carbons (Fsp3) is 0. The molecule has 4 nitrogen and oxygen atoms in total. The lowest BCUT2D eigenvalue weighted by atomic mass is 10.2. The highest BCUT2D eigenvalue weighted by Gasteiger charge is 2.09. The van der Waals surface area contributed by atoms with Crippen molar-refractivity contribution in [1.82, 2.24) is 19.9 Å². The molecule has 0 spiro atoms. The number of hydrogen-bond acceptors (Lipinski definition) is 4. The number of rotatable bonds is 2. The molecule has 2 aromatic heterocycles. The lowest BCUT2D eigenvalue weighted by Gasteiger charge is -2.03. The van der Waals surface area contributed by atoms with Crippen molar-refractivity contribution in [3.63, 3.8) is 0 Å². The van der Waals surface area contributed by atoms with Gasteiger partial charge in [-0.15, -0.1) is 0 Å². The minimum atomic E-state index is 0.162. The lowest BCUT2D eigenvalue weighted by molar-refractivity contribution is 1.05. The van der Waals surface area contributed by atoms with E-state index in [1.165, 1.54) is 0 Å². The summed E-state index contributed by atoms with van der Waals surface area (Å²) >= 11 is 5.96. The molecule has 0 bridgehead atoms. The first kappa shape index (κ1) is 11.7. The van der Waals surface area contributed by atoms with E-state index in [1.807, 2.05) is 48.5 Å². The maximum absolute atomic E-state index is 5.96. The summed E-state index contributed by atoms with van der Waals surface area (Å²) in [6.07, 6.45) is 1.69. The maximum Gasteiger partial charge on any atom is 0.226 e. The van der Waals surface area contributed by atoms with Crippen molar-refractivity contribution < 1.29 is 0 Å². The highest BCUT2D eigenvalue weighted by molar-refractivity contribution is 6.28. The molecule has 0 aliphatic rings. The molecule has 0 atom stereocenters. The number of pyridine rings is 1. The Balaban J connectivity index is 2.12. The topological polar surface area (TPSA) is 51.6 Å². The van der Waals surface area contributed by atoms with Gasteiger partial charge in [-0.2, -0.15) is 9.97 Å². The van der Waals surface area contributed by atoms with E-state index in [4.69, 9.17) is 11.6 Å². The molecule has 0 amide bonds. The van der Waals surface area contributed by atoms with Crippen molar-refractivity contribution >= 4 is 11.6 Å². The molecule has 0 aliphatic heterocycles. The number of hydrogen-bond donors (Lipinski definition) is 0. The number of benzene rings is 1. The molecule has 0 radical (unpaired) electrons. The summed E-state index contributed by atoms with van der Waals surface area (Å²) in [6, 6.07) is 15.2. The van der Waals surface area contributed by atoms with E-state index in [2.05, 4.69) is 19.9 Å². The predicted octanol–water partition coefficient (Wildman–Crippen LogP) is 3.25. The minimum absolute atomic E-state index is 0.162. The third-order valence-corrected chi connectivity index (χ3v) is 2.70. The summed E-state index contributed by atoms with van der Waals surface area (Å²) in [7, 11) is 0. The second-order valence-corrected chi connectivity index (χ2v) is 4.17. The molecule has 19 heavy (non-hydrogen) atoms. The Hall–Kier alpha value is -2.33. The Kier molecular flexibility index (Phi) is 3.16. The van der Waals surface area contributed by atoms with E-state index < -0.39 is 0 Å². The average Bonchev–Trinajstić information content (AvgIpc) is 2.48. The molecule has 3 aromatic rings. The van der Waals surface area contributed by atoms with Crippen LogP contribution in [-0.4, -0.2) is 19.9 Å².